The summed E-state index contributed by atoms with van der Waals surface area (Å²) in [4.78, 5) is 21.5. The van der Waals surface area contributed by atoms with E-state index in [0.29, 0.717) is 36.2 Å². The first-order chi connectivity index (χ1) is 13.8. The lowest BCUT2D eigenvalue weighted by Crippen LogP contribution is -2.46. The van der Waals surface area contributed by atoms with Gasteiger partial charge in [0.05, 0.1) is 37.0 Å². The molecule has 1 aliphatic rings. The summed E-state index contributed by atoms with van der Waals surface area (Å²) in [6.07, 6.45) is -0.0673. The summed E-state index contributed by atoms with van der Waals surface area (Å²) in [6, 6.07) is 5.05. The lowest BCUT2D eigenvalue weighted by molar-refractivity contribution is -0.383. The van der Waals surface area contributed by atoms with Crippen molar-refractivity contribution in [1.29, 1.82) is 0 Å². The summed E-state index contributed by atoms with van der Waals surface area (Å²) in [7, 11) is 3.02. The zero-order valence-corrected chi connectivity index (χ0v) is 16.7. The Hall–Kier alpha value is -3.34. The minimum atomic E-state index is -0.612. The van der Waals surface area contributed by atoms with Crippen LogP contribution in [0.3, 0.4) is 0 Å². The summed E-state index contributed by atoms with van der Waals surface area (Å²) in [6.45, 7) is 4.97. The van der Waals surface area contributed by atoms with Crippen molar-refractivity contribution < 1.29 is 19.1 Å². The fourth-order valence-electron chi connectivity index (χ4n) is 3.25. The normalized spacial score (nSPS) is 19.0. The highest BCUT2D eigenvalue weighted by Crippen LogP contribution is 2.37. The third-order valence-corrected chi connectivity index (χ3v) is 4.44. The topological polar surface area (TPSA) is 138 Å². The maximum absolute atomic E-state index is 11.6. The van der Waals surface area contributed by atoms with Crippen LogP contribution >= 0.6 is 0 Å². The van der Waals surface area contributed by atoms with E-state index in [1.54, 1.807) is 18.2 Å². The molecule has 2 atom stereocenters. The van der Waals surface area contributed by atoms with E-state index in [0.717, 1.165) is 0 Å². The summed E-state index contributed by atoms with van der Waals surface area (Å²) in [5, 5.41) is 14.6. The van der Waals surface area contributed by atoms with Gasteiger partial charge in [0.2, 0.25) is 17.6 Å². The molecule has 0 unspecified atom stereocenters. The molecule has 2 heterocycles. The number of nitrogens with two attached hydrogens (primary N) is 1. The van der Waals surface area contributed by atoms with Crippen molar-refractivity contribution in [2.45, 2.75) is 26.1 Å². The number of nitro groups is 1. The fraction of sp³-hybridized carbons (Fsp3) is 0.444. The third-order valence-electron chi connectivity index (χ3n) is 4.44. The van der Waals surface area contributed by atoms with Gasteiger partial charge in [-0.15, -0.1) is 0 Å². The van der Waals surface area contributed by atoms with Gasteiger partial charge in [-0.2, -0.15) is 9.97 Å². The highest BCUT2D eigenvalue weighted by Gasteiger charge is 2.29. The molecule has 11 heteroatoms. The lowest BCUT2D eigenvalue weighted by atomic mass is 10.2. The Kier molecular flexibility index (Phi) is 5.87. The van der Waals surface area contributed by atoms with Crippen molar-refractivity contribution >= 4 is 29.0 Å². The van der Waals surface area contributed by atoms with Gasteiger partial charge in [0.25, 0.3) is 0 Å². The van der Waals surface area contributed by atoms with Crippen molar-refractivity contribution in [3.05, 3.63) is 28.3 Å². The molecule has 3 rings (SSSR count). The van der Waals surface area contributed by atoms with Gasteiger partial charge in [-0.05, 0) is 26.0 Å². The average Bonchev–Trinajstić information content (AvgIpc) is 2.66. The highest BCUT2D eigenvalue weighted by molar-refractivity contribution is 5.77. The second-order valence-electron chi connectivity index (χ2n) is 6.72. The minimum Gasteiger partial charge on any atom is -0.497 e. The molecule has 2 aromatic rings. The number of benzene rings is 1. The number of rotatable bonds is 6. The Bertz CT molecular complexity index is 899. The van der Waals surface area contributed by atoms with Crippen molar-refractivity contribution in [3.63, 3.8) is 0 Å². The Balaban J connectivity index is 2.05. The first-order valence-corrected chi connectivity index (χ1v) is 9.03. The van der Waals surface area contributed by atoms with Gasteiger partial charge in [0.1, 0.15) is 11.5 Å². The van der Waals surface area contributed by atoms with Crippen LogP contribution in [0.2, 0.25) is 0 Å². The third kappa shape index (κ3) is 4.40. The number of nitrogen functional groups attached to an aromatic ring is 1. The molecule has 1 aromatic heterocycles. The maximum Gasteiger partial charge on any atom is 0.353 e. The molecule has 0 radical (unpaired) electrons. The number of nitrogens with one attached hydrogen (secondary N) is 1. The van der Waals surface area contributed by atoms with E-state index in [9.17, 15) is 10.1 Å². The Morgan fingerprint density at radius 2 is 1.93 bits per heavy atom. The van der Waals surface area contributed by atoms with Crippen LogP contribution in [-0.4, -0.2) is 54.4 Å². The van der Waals surface area contributed by atoms with Crippen molar-refractivity contribution in [2.75, 3.05) is 43.3 Å². The van der Waals surface area contributed by atoms with Gasteiger partial charge in [-0.25, -0.2) is 0 Å². The van der Waals surface area contributed by atoms with E-state index in [1.807, 2.05) is 18.7 Å². The predicted molar refractivity (Wildman–Crippen MR) is 108 cm³/mol. The van der Waals surface area contributed by atoms with Gasteiger partial charge in [-0.1, -0.05) is 0 Å². The monoisotopic (exact) mass is 404 g/mol. The molecule has 0 amide bonds. The summed E-state index contributed by atoms with van der Waals surface area (Å²) in [5.41, 5.74) is 5.97. The largest absolute Gasteiger partial charge is 0.497 e. The van der Waals surface area contributed by atoms with E-state index < -0.39 is 10.6 Å². The Labute approximate surface area is 167 Å². The molecule has 3 N–H and O–H groups in total. The summed E-state index contributed by atoms with van der Waals surface area (Å²) >= 11 is 0. The van der Waals surface area contributed by atoms with E-state index in [1.165, 1.54) is 14.2 Å². The number of hydrogen-bond donors (Lipinski definition) is 2. The smallest absolute Gasteiger partial charge is 0.353 e. The molecule has 156 valence electrons. The van der Waals surface area contributed by atoms with Crippen molar-refractivity contribution in [2.24, 2.45) is 0 Å². The van der Waals surface area contributed by atoms with Gasteiger partial charge in [0.15, 0.2) is 0 Å². The quantitative estimate of drug-likeness (QED) is 0.545. The number of nitrogens with zero attached hydrogens (tertiary/aromatic N) is 4. The molecule has 0 aliphatic carbocycles. The van der Waals surface area contributed by atoms with E-state index in [2.05, 4.69) is 15.3 Å². The fourth-order valence-corrected chi connectivity index (χ4v) is 3.25. The number of methoxy groups -OCH3 is 2. The first kappa shape index (κ1) is 20.4. The van der Waals surface area contributed by atoms with Crippen LogP contribution in [0.1, 0.15) is 13.8 Å². The highest BCUT2D eigenvalue weighted by atomic mass is 16.6. The molecule has 0 spiro atoms. The molecule has 1 fully saturated rings. The SMILES string of the molecule is COc1ccc(OC)c(Nc2nc(N3C[C@H](C)O[C@@H](C)C3)nc(N)c2[N+](=O)[O-])c1. The predicted octanol–water partition coefficient (Wildman–Crippen LogP) is 2.34. The molecule has 29 heavy (non-hydrogen) atoms. The molecule has 0 bridgehead atoms. The maximum atomic E-state index is 11.6. The van der Waals surface area contributed by atoms with Gasteiger partial charge >= 0.3 is 5.69 Å². The first-order valence-electron chi connectivity index (χ1n) is 9.03. The van der Waals surface area contributed by atoms with Crippen LogP contribution in [0.15, 0.2) is 18.2 Å². The molecule has 1 saturated heterocycles. The van der Waals surface area contributed by atoms with Crippen LogP contribution in [0.25, 0.3) is 0 Å². The number of anilines is 4. The van der Waals surface area contributed by atoms with Crippen molar-refractivity contribution in [3.8, 4) is 11.5 Å². The van der Waals surface area contributed by atoms with E-state index in [4.69, 9.17) is 19.9 Å². The van der Waals surface area contributed by atoms with Gasteiger partial charge < -0.3 is 30.2 Å². The summed E-state index contributed by atoms with van der Waals surface area (Å²) in [5.74, 6) is 1.05. The molecule has 1 aromatic carbocycles. The van der Waals surface area contributed by atoms with E-state index >= 15 is 0 Å². The van der Waals surface area contributed by atoms with Crippen LogP contribution < -0.4 is 25.4 Å². The lowest BCUT2D eigenvalue weighted by Gasteiger charge is -2.35. The standard InChI is InChI=1S/C18H24N6O5/c1-10-8-23(9-11(2)29-10)18-21-16(19)15(24(25)26)17(22-18)20-13-7-12(27-3)5-6-14(13)28-4/h5-7,10-11H,8-9H2,1-4H3,(H3,19,20,21,22)/t10-,11-/m0/s1. The zero-order chi connectivity index (χ0) is 21.1. The number of ether oxygens (including phenoxy) is 3. The average molecular weight is 404 g/mol. The van der Waals surface area contributed by atoms with Crippen LogP contribution in [-0.2, 0) is 4.74 Å². The van der Waals surface area contributed by atoms with Gasteiger partial charge in [0, 0.05) is 19.2 Å². The second-order valence-corrected chi connectivity index (χ2v) is 6.72. The number of hydrogen-bond acceptors (Lipinski definition) is 10. The minimum absolute atomic E-state index is 0.0316. The molecule has 0 saturated carbocycles. The second kappa shape index (κ2) is 8.35. The number of morpholine rings is 1. The molecular formula is C18H24N6O5. The zero-order valence-electron chi connectivity index (χ0n) is 16.7. The molecular weight excluding hydrogens is 380 g/mol. The summed E-state index contributed by atoms with van der Waals surface area (Å²) < 4.78 is 16.3. The van der Waals surface area contributed by atoms with Crippen LogP contribution in [0, 0.1) is 10.1 Å². The molecule has 1 aliphatic heterocycles. The number of aromatic nitrogens is 2. The Morgan fingerprint density at radius 1 is 1.24 bits per heavy atom. The van der Waals surface area contributed by atoms with Crippen LogP contribution in [0.4, 0.5) is 29.0 Å². The Morgan fingerprint density at radius 3 is 2.52 bits per heavy atom. The van der Waals surface area contributed by atoms with Gasteiger partial charge in [-0.3, -0.25) is 10.1 Å². The molecule has 11 nitrogen and oxygen atoms in total. The van der Waals surface area contributed by atoms with Crippen molar-refractivity contribution in [1.82, 2.24) is 9.97 Å². The van der Waals surface area contributed by atoms with Crippen LogP contribution in [0.5, 0.6) is 11.5 Å². The van der Waals surface area contributed by atoms with E-state index in [-0.39, 0.29) is 23.8 Å².